The maximum Gasteiger partial charge on any atom is 0.305 e. The van der Waals surface area contributed by atoms with Crippen molar-refractivity contribution in [2.24, 2.45) is 0 Å². The average molecular weight is 398 g/mol. The number of hydrogen-bond donors (Lipinski definition) is 0. The fourth-order valence-electron chi connectivity index (χ4n) is 2.74. The van der Waals surface area contributed by atoms with Crippen LogP contribution < -0.4 is 4.74 Å². The van der Waals surface area contributed by atoms with Crippen molar-refractivity contribution in [3.8, 4) is 22.8 Å². The molecule has 0 radical (unpaired) electrons. The van der Waals surface area contributed by atoms with Crippen molar-refractivity contribution in [1.82, 2.24) is 14.8 Å². The summed E-state index contributed by atoms with van der Waals surface area (Å²) in [5, 5.41) is 9.61. The van der Waals surface area contributed by atoms with Crippen molar-refractivity contribution in [2.45, 2.75) is 24.9 Å². The molecule has 0 atom stereocenters. The average Bonchev–Trinajstić information content (AvgIpc) is 3.16. The van der Waals surface area contributed by atoms with Gasteiger partial charge >= 0.3 is 5.97 Å². The smallest absolute Gasteiger partial charge is 0.305 e. The Morgan fingerprint density at radius 3 is 2.68 bits per heavy atom. The van der Waals surface area contributed by atoms with Crippen molar-refractivity contribution < 1.29 is 14.3 Å². The second-order valence-corrected chi connectivity index (χ2v) is 7.03. The molecule has 0 saturated carbocycles. The fourth-order valence-corrected chi connectivity index (χ4v) is 3.63. The van der Waals surface area contributed by atoms with Crippen LogP contribution in [0, 0.1) is 0 Å². The van der Waals surface area contributed by atoms with Crippen LogP contribution in [0.15, 0.2) is 59.8 Å². The molecule has 0 amide bonds. The number of benzene rings is 2. The minimum atomic E-state index is -0.162. The van der Waals surface area contributed by atoms with E-state index in [0.717, 1.165) is 40.2 Å². The molecule has 146 valence electrons. The molecule has 1 aromatic heterocycles. The number of carbonyl (C=O) groups is 1. The number of esters is 1. The van der Waals surface area contributed by atoms with Crippen LogP contribution in [-0.2, 0) is 9.53 Å². The summed E-state index contributed by atoms with van der Waals surface area (Å²) in [6.45, 7) is 2.23. The largest absolute Gasteiger partial charge is 0.497 e. The first kappa shape index (κ1) is 19.9. The second-order valence-electron chi connectivity index (χ2n) is 5.97. The normalized spacial score (nSPS) is 10.6. The van der Waals surface area contributed by atoms with Crippen LogP contribution in [0.5, 0.6) is 5.75 Å². The van der Waals surface area contributed by atoms with Gasteiger partial charge in [-0.05, 0) is 37.6 Å². The Labute approximate surface area is 168 Å². The molecule has 0 bridgehead atoms. The summed E-state index contributed by atoms with van der Waals surface area (Å²) in [4.78, 5) is 11.5. The summed E-state index contributed by atoms with van der Waals surface area (Å²) in [7, 11) is 1.64. The number of thioether (sulfide) groups is 1. The lowest BCUT2D eigenvalue weighted by Gasteiger charge is -2.11. The highest BCUT2D eigenvalue weighted by Gasteiger charge is 2.16. The lowest BCUT2D eigenvalue weighted by atomic mass is 10.2. The summed E-state index contributed by atoms with van der Waals surface area (Å²) < 4.78 is 12.4. The lowest BCUT2D eigenvalue weighted by molar-refractivity contribution is -0.143. The predicted octanol–water partition coefficient (Wildman–Crippen LogP) is 4.38. The first-order valence-corrected chi connectivity index (χ1v) is 10.1. The first-order valence-electron chi connectivity index (χ1n) is 9.16. The van der Waals surface area contributed by atoms with Crippen molar-refractivity contribution in [3.63, 3.8) is 0 Å². The van der Waals surface area contributed by atoms with Gasteiger partial charge in [-0.1, -0.05) is 42.1 Å². The van der Waals surface area contributed by atoms with Crippen molar-refractivity contribution in [3.05, 3.63) is 54.6 Å². The summed E-state index contributed by atoms with van der Waals surface area (Å²) in [5.74, 6) is 2.11. The topological polar surface area (TPSA) is 66.2 Å². The second kappa shape index (κ2) is 9.94. The minimum absolute atomic E-state index is 0.162. The van der Waals surface area contributed by atoms with Crippen LogP contribution in [-0.4, -0.2) is 40.2 Å². The maximum absolute atomic E-state index is 11.5. The summed E-state index contributed by atoms with van der Waals surface area (Å²) in [6, 6.07) is 17.8. The highest BCUT2D eigenvalue weighted by atomic mass is 32.2. The van der Waals surface area contributed by atoms with Gasteiger partial charge < -0.3 is 9.47 Å². The molecule has 0 aliphatic rings. The zero-order chi connectivity index (χ0) is 19.8. The molecule has 0 fully saturated rings. The van der Waals surface area contributed by atoms with Crippen LogP contribution in [0.2, 0.25) is 0 Å². The van der Waals surface area contributed by atoms with E-state index in [1.54, 1.807) is 18.9 Å². The van der Waals surface area contributed by atoms with E-state index < -0.39 is 0 Å². The number of methoxy groups -OCH3 is 1. The molecular formula is C21H23N3O3S. The third-order valence-corrected chi connectivity index (χ3v) is 5.05. The van der Waals surface area contributed by atoms with E-state index in [0.29, 0.717) is 13.0 Å². The summed E-state index contributed by atoms with van der Waals surface area (Å²) in [6.07, 6.45) is 1.13. The number of ether oxygens (including phenoxy) is 2. The summed E-state index contributed by atoms with van der Waals surface area (Å²) in [5.41, 5.74) is 1.91. The van der Waals surface area contributed by atoms with Gasteiger partial charge in [0.25, 0.3) is 0 Å². The van der Waals surface area contributed by atoms with E-state index in [9.17, 15) is 4.79 Å². The van der Waals surface area contributed by atoms with E-state index in [4.69, 9.17) is 9.47 Å². The Bertz CT molecular complexity index is 912. The summed E-state index contributed by atoms with van der Waals surface area (Å²) >= 11 is 1.58. The molecular weight excluding hydrogens is 374 g/mol. The molecule has 0 saturated heterocycles. The third-order valence-electron chi connectivity index (χ3n) is 4.04. The van der Waals surface area contributed by atoms with Crippen LogP contribution in [0.1, 0.15) is 19.8 Å². The van der Waals surface area contributed by atoms with Crippen molar-refractivity contribution >= 4 is 17.7 Å². The van der Waals surface area contributed by atoms with Gasteiger partial charge in [-0.2, -0.15) is 0 Å². The van der Waals surface area contributed by atoms with E-state index in [-0.39, 0.29) is 5.97 Å². The minimum Gasteiger partial charge on any atom is -0.497 e. The van der Waals surface area contributed by atoms with E-state index >= 15 is 0 Å². The Balaban J connectivity index is 1.84. The molecule has 3 rings (SSSR count). The monoisotopic (exact) mass is 397 g/mol. The lowest BCUT2D eigenvalue weighted by Crippen LogP contribution is -2.04. The van der Waals surface area contributed by atoms with Gasteiger partial charge in [0.2, 0.25) is 0 Å². The molecule has 7 heteroatoms. The van der Waals surface area contributed by atoms with E-state index in [1.165, 1.54) is 0 Å². The molecule has 0 aliphatic heterocycles. The number of para-hydroxylation sites is 1. The number of nitrogens with zero attached hydrogens (tertiary/aromatic N) is 3. The van der Waals surface area contributed by atoms with E-state index in [1.807, 2.05) is 66.1 Å². The van der Waals surface area contributed by atoms with E-state index in [2.05, 4.69) is 10.2 Å². The Hall–Kier alpha value is -2.80. The molecule has 6 nitrogen and oxygen atoms in total. The molecule has 0 unspecified atom stereocenters. The van der Waals surface area contributed by atoms with Gasteiger partial charge in [0.1, 0.15) is 5.75 Å². The molecule has 28 heavy (non-hydrogen) atoms. The van der Waals surface area contributed by atoms with Gasteiger partial charge in [0.05, 0.1) is 13.7 Å². The number of carbonyl (C=O) groups excluding carboxylic acids is 1. The van der Waals surface area contributed by atoms with Crippen LogP contribution in [0.25, 0.3) is 17.1 Å². The molecule has 1 heterocycles. The molecule has 0 aliphatic carbocycles. The third kappa shape index (κ3) is 4.92. The molecule has 0 N–H and O–H groups in total. The van der Waals surface area contributed by atoms with Crippen molar-refractivity contribution in [1.29, 1.82) is 0 Å². The standard InChI is InChI=1S/C21H23N3O3S/c1-3-27-19(25)13-8-14-28-21-23-22-20(16-9-7-12-18(15-16)26-2)24(21)17-10-5-4-6-11-17/h4-7,9-12,15H,3,8,13-14H2,1-2H3. The maximum atomic E-state index is 11.5. The number of hydrogen-bond acceptors (Lipinski definition) is 6. The first-order chi connectivity index (χ1) is 13.7. The Morgan fingerprint density at radius 1 is 1.11 bits per heavy atom. The van der Waals surface area contributed by atoms with Gasteiger partial charge in [-0.25, -0.2) is 0 Å². The highest BCUT2D eigenvalue weighted by Crippen LogP contribution is 2.30. The highest BCUT2D eigenvalue weighted by molar-refractivity contribution is 7.99. The van der Waals surface area contributed by atoms with Crippen molar-refractivity contribution in [2.75, 3.05) is 19.5 Å². The SMILES string of the molecule is CCOC(=O)CCCSc1nnc(-c2cccc(OC)c2)n1-c1ccccc1. The van der Waals surface area contributed by atoms with Gasteiger partial charge in [-0.3, -0.25) is 9.36 Å². The zero-order valence-corrected chi connectivity index (χ0v) is 16.8. The quantitative estimate of drug-likeness (QED) is 0.303. The molecule has 0 spiro atoms. The number of aromatic nitrogens is 3. The predicted molar refractivity (Wildman–Crippen MR) is 110 cm³/mol. The fraction of sp³-hybridized carbons (Fsp3) is 0.286. The van der Waals surface area contributed by atoms with Gasteiger partial charge in [-0.15, -0.1) is 10.2 Å². The Morgan fingerprint density at radius 2 is 1.93 bits per heavy atom. The Kier molecular flexibility index (Phi) is 7.08. The van der Waals surface area contributed by atoms with Crippen LogP contribution in [0.4, 0.5) is 0 Å². The van der Waals surface area contributed by atoms with Gasteiger partial charge in [0.15, 0.2) is 11.0 Å². The van der Waals surface area contributed by atoms with Crippen LogP contribution >= 0.6 is 11.8 Å². The molecule has 3 aromatic rings. The molecule has 2 aromatic carbocycles. The number of rotatable bonds is 9. The van der Waals surface area contributed by atoms with Gasteiger partial charge in [0, 0.05) is 23.4 Å². The van der Waals surface area contributed by atoms with Crippen LogP contribution in [0.3, 0.4) is 0 Å². The zero-order valence-electron chi connectivity index (χ0n) is 16.0.